The van der Waals surface area contributed by atoms with Crippen molar-refractivity contribution in [1.82, 2.24) is 0 Å². The average Bonchev–Trinajstić information content (AvgIpc) is 2.76. The van der Waals surface area contributed by atoms with Gasteiger partial charge in [0.2, 0.25) is 5.91 Å². The second-order valence-corrected chi connectivity index (χ2v) is 3.56. The Balaban J connectivity index is 2.07. The van der Waals surface area contributed by atoms with E-state index >= 15 is 0 Å². The smallest absolute Gasteiger partial charge is 0.248 e. The van der Waals surface area contributed by atoms with Gasteiger partial charge in [-0.3, -0.25) is 4.79 Å². The first-order chi connectivity index (χ1) is 7.75. The van der Waals surface area contributed by atoms with E-state index in [1.807, 2.05) is 17.2 Å². The molecule has 2 N–H and O–H groups in total. The second kappa shape index (κ2) is 3.10. The second-order valence-electron chi connectivity index (χ2n) is 3.56. The number of benzene rings is 1. The fraction of sp³-hybridized carbons (Fsp3) is 0.0909. The molecule has 0 saturated carbocycles. The number of hydrogen-bond donors (Lipinski definition) is 1. The van der Waals surface area contributed by atoms with Crippen molar-refractivity contribution in [2.75, 3.05) is 11.4 Å². The zero-order chi connectivity index (χ0) is 11.1. The van der Waals surface area contributed by atoms with Crippen molar-refractivity contribution in [2.24, 2.45) is 10.7 Å². The van der Waals surface area contributed by atoms with Crippen molar-refractivity contribution in [2.45, 2.75) is 0 Å². The number of ether oxygens (including phenoxy) is 1. The highest BCUT2D eigenvalue weighted by Gasteiger charge is 2.24. The summed E-state index contributed by atoms with van der Waals surface area (Å²) in [7, 11) is 0. The highest BCUT2D eigenvalue weighted by Crippen LogP contribution is 2.36. The number of carbonyl (C=O) groups excluding carboxylic acids is 1. The van der Waals surface area contributed by atoms with Gasteiger partial charge in [-0.05, 0) is 18.2 Å². The fourth-order valence-electron chi connectivity index (χ4n) is 1.80. The standard InChI is InChI=1S/C11H9N3O2/c12-11(15)7-1-2-8-9(5-7)16-6-10-13-3-4-14(8)10/h1-3,5-6H,4H2,(H2,12,15). The highest BCUT2D eigenvalue weighted by molar-refractivity contribution is 5.94. The van der Waals surface area contributed by atoms with Crippen LogP contribution in [0.5, 0.6) is 5.75 Å². The molecule has 0 aromatic heterocycles. The van der Waals surface area contributed by atoms with Crippen molar-refractivity contribution in [3.8, 4) is 5.75 Å². The third-order valence-corrected chi connectivity index (χ3v) is 2.59. The van der Waals surface area contributed by atoms with E-state index in [0.29, 0.717) is 11.3 Å². The Morgan fingerprint density at radius 1 is 1.50 bits per heavy atom. The predicted molar refractivity (Wildman–Crippen MR) is 59.5 cm³/mol. The van der Waals surface area contributed by atoms with Crippen molar-refractivity contribution in [3.63, 3.8) is 0 Å². The number of fused-ring (bicyclic) bond motifs is 3. The number of rotatable bonds is 1. The van der Waals surface area contributed by atoms with Gasteiger partial charge in [-0.1, -0.05) is 0 Å². The summed E-state index contributed by atoms with van der Waals surface area (Å²) in [6.07, 6.45) is 3.38. The Labute approximate surface area is 91.8 Å². The maximum Gasteiger partial charge on any atom is 0.248 e. The van der Waals surface area contributed by atoms with Gasteiger partial charge in [-0.15, -0.1) is 0 Å². The van der Waals surface area contributed by atoms with Gasteiger partial charge in [0.25, 0.3) is 0 Å². The molecule has 2 aliphatic heterocycles. The maximum absolute atomic E-state index is 11.0. The molecule has 1 amide bonds. The molecule has 1 aromatic carbocycles. The molecular weight excluding hydrogens is 206 g/mol. The monoisotopic (exact) mass is 215 g/mol. The van der Waals surface area contributed by atoms with E-state index in [1.54, 1.807) is 18.4 Å². The molecule has 2 aliphatic rings. The Bertz CT molecular complexity index is 534. The van der Waals surface area contributed by atoms with Gasteiger partial charge in [0.15, 0.2) is 11.6 Å². The normalized spacial score (nSPS) is 16.2. The van der Waals surface area contributed by atoms with Gasteiger partial charge in [-0.25, -0.2) is 4.99 Å². The van der Waals surface area contributed by atoms with Crippen LogP contribution in [0.1, 0.15) is 10.4 Å². The SMILES string of the molecule is NC(=O)c1ccc2c(c1)OC=C1N=CCN12. The van der Waals surface area contributed by atoms with Gasteiger partial charge in [0, 0.05) is 11.8 Å². The summed E-state index contributed by atoms with van der Waals surface area (Å²) in [5.74, 6) is 0.948. The van der Waals surface area contributed by atoms with Crippen LogP contribution in [0.4, 0.5) is 5.69 Å². The van der Waals surface area contributed by atoms with Crippen LogP contribution < -0.4 is 15.4 Å². The summed E-state index contributed by atoms with van der Waals surface area (Å²) in [5.41, 5.74) is 6.55. The molecule has 0 atom stereocenters. The third kappa shape index (κ3) is 1.18. The molecule has 0 fully saturated rings. The topological polar surface area (TPSA) is 67.9 Å². The van der Waals surface area contributed by atoms with Crippen molar-refractivity contribution >= 4 is 17.8 Å². The first kappa shape index (κ1) is 8.96. The summed E-state index contributed by atoms with van der Waals surface area (Å²) in [4.78, 5) is 17.2. The van der Waals surface area contributed by atoms with Crippen LogP contribution in [-0.2, 0) is 0 Å². The van der Waals surface area contributed by atoms with Crippen LogP contribution in [0.25, 0.3) is 0 Å². The number of anilines is 1. The summed E-state index contributed by atoms with van der Waals surface area (Å²) in [6, 6.07) is 5.14. The van der Waals surface area contributed by atoms with E-state index in [2.05, 4.69) is 4.99 Å². The van der Waals surface area contributed by atoms with Gasteiger partial charge in [0.05, 0.1) is 12.2 Å². The molecule has 0 aliphatic carbocycles. The Morgan fingerprint density at radius 2 is 2.38 bits per heavy atom. The molecule has 0 bridgehead atoms. The zero-order valence-electron chi connectivity index (χ0n) is 8.38. The van der Waals surface area contributed by atoms with Crippen LogP contribution in [-0.4, -0.2) is 18.7 Å². The Hall–Kier alpha value is -2.30. The summed E-state index contributed by atoms with van der Waals surface area (Å²) >= 11 is 0. The average molecular weight is 215 g/mol. The highest BCUT2D eigenvalue weighted by atomic mass is 16.5. The lowest BCUT2D eigenvalue weighted by Gasteiger charge is -2.25. The van der Waals surface area contributed by atoms with E-state index in [0.717, 1.165) is 18.1 Å². The van der Waals surface area contributed by atoms with Gasteiger partial charge >= 0.3 is 0 Å². The molecule has 0 saturated heterocycles. The van der Waals surface area contributed by atoms with Gasteiger partial charge < -0.3 is 15.4 Å². The Morgan fingerprint density at radius 3 is 3.19 bits per heavy atom. The largest absolute Gasteiger partial charge is 0.459 e. The van der Waals surface area contributed by atoms with E-state index in [-0.39, 0.29) is 0 Å². The lowest BCUT2D eigenvalue weighted by molar-refractivity contribution is 0.1000. The number of primary amides is 1. The lowest BCUT2D eigenvalue weighted by atomic mass is 10.1. The minimum atomic E-state index is -0.459. The number of nitrogens with zero attached hydrogens (tertiary/aromatic N) is 2. The van der Waals surface area contributed by atoms with Crippen LogP contribution in [0, 0.1) is 0 Å². The van der Waals surface area contributed by atoms with E-state index in [1.165, 1.54) is 0 Å². The van der Waals surface area contributed by atoms with Crippen molar-refractivity contribution < 1.29 is 9.53 Å². The van der Waals surface area contributed by atoms with Crippen LogP contribution >= 0.6 is 0 Å². The van der Waals surface area contributed by atoms with Crippen LogP contribution in [0.3, 0.4) is 0 Å². The van der Waals surface area contributed by atoms with E-state index in [4.69, 9.17) is 10.5 Å². The van der Waals surface area contributed by atoms with Crippen molar-refractivity contribution in [3.05, 3.63) is 35.8 Å². The van der Waals surface area contributed by atoms with Gasteiger partial charge in [-0.2, -0.15) is 0 Å². The fourth-order valence-corrected chi connectivity index (χ4v) is 1.80. The molecule has 0 spiro atoms. The molecule has 2 heterocycles. The van der Waals surface area contributed by atoms with Crippen LogP contribution in [0.2, 0.25) is 0 Å². The minimum absolute atomic E-state index is 0.440. The van der Waals surface area contributed by atoms with Crippen molar-refractivity contribution in [1.29, 1.82) is 0 Å². The summed E-state index contributed by atoms with van der Waals surface area (Å²) in [6.45, 7) is 0.720. The first-order valence-electron chi connectivity index (χ1n) is 4.86. The third-order valence-electron chi connectivity index (χ3n) is 2.59. The molecule has 1 aromatic rings. The number of nitrogens with two attached hydrogens (primary N) is 1. The van der Waals surface area contributed by atoms with E-state index in [9.17, 15) is 4.79 Å². The number of carbonyl (C=O) groups is 1. The molecule has 0 unspecified atom stereocenters. The summed E-state index contributed by atoms with van der Waals surface area (Å²) in [5, 5.41) is 0. The van der Waals surface area contributed by atoms with Gasteiger partial charge in [0.1, 0.15) is 6.26 Å². The molecule has 80 valence electrons. The number of amides is 1. The molecular formula is C11H9N3O2. The quantitative estimate of drug-likeness (QED) is 0.755. The van der Waals surface area contributed by atoms with E-state index < -0.39 is 5.91 Å². The minimum Gasteiger partial charge on any atom is -0.459 e. The first-order valence-corrected chi connectivity index (χ1v) is 4.86. The van der Waals surface area contributed by atoms with Crippen LogP contribution in [0.15, 0.2) is 35.3 Å². The predicted octanol–water partition coefficient (Wildman–Crippen LogP) is 0.868. The lowest BCUT2D eigenvalue weighted by Crippen LogP contribution is -2.22. The summed E-state index contributed by atoms with van der Waals surface area (Å²) < 4.78 is 5.40. The zero-order valence-corrected chi connectivity index (χ0v) is 8.38. The molecule has 5 nitrogen and oxygen atoms in total. The maximum atomic E-state index is 11.0. The number of hydrogen-bond acceptors (Lipinski definition) is 4. The molecule has 5 heteroatoms. The molecule has 0 radical (unpaired) electrons. The molecule has 3 rings (SSSR count). The number of aliphatic imine (C=N–C) groups is 1. The Kier molecular flexibility index (Phi) is 1.73. The molecule has 16 heavy (non-hydrogen) atoms.